The van der Waals surface area contributed by atoms with E-state index >= 15 is 0 Å². The second-order valence-electron chi connectivity index (χ2n) is 6.42. The molecule has 28 heavy (non-hydrogen) atoms. The number of ether oxygens (including phenoxy) is 1. The first kappa shape index (κ1) is 20.2. The third-order valence-corrected chi connectivity index (χ3v) is 5.30. The Balaban J connectivity index is 1.54. The van der Waals surface area contributed by atoms with E-state index in [1.165, 1.54) is 35.6 Å². The second kappa shape index (κ2) is 8.22. The molecule has 1 saturated heterocycles. The number of hydrogen-bond acceptors (Lipinski definition) is 4. The maximum atomic E-state index is 12.6. The molecule has 0 aliphatic carbocycles. The predicted octanol–water partition coefficient (Wildman–Crippen LogP) is 3.60. The molecule has 2 heterocycles. The van der Waals surface area contributed by atoms with E-state index in [-0.39, 0.29) is 17.6 Å². The van der Waals surface area contributed by atoms with Gasteiger partial charge in [0.1, 0.15) is 5.75 Å². The Hall–Kier alpha value is -2.55. The van der Waals surface area contributed by atoms with Gasteiger partial charge in [-0.1, -0.05) is 0 Å². The number of thiophene rings is 1. The highest BCUT2D eigenvalue weighted by Crippen LogP contribution is 2.21. The van der Waals surface area contributed by atoms with Crippen LogP contribution in [0.5, 0.6) is 5.75 Å². The lowest BCUT2D eigenvalue weighted by molar-refractivity contribution is -0.153. The van der Waals surface area contributed by atoms with Gasteiger partial charge in [-0.3, -0.25) is 9.59 Å². The summed E-state index contributed by atoms with van der Waals surface area (Å²) in [5.74, 6) is -0.201. The average Bonchev–Trinajstić information content (AvgIpc) is 3.11. The van der Waals surface area contributed by atoms with Crippen LogP contribution in [0.3, 0.4) is 0 Å². The van der Waals surface area contributed by atoms with Gasteiger partial charge in [0, 0.05) is 36.6 Å². The Bertz CT molecular complexity index is 841. The number of amides is 2. The van der Waals surface area contributed by atoms with Crippen molar-refractivity contribution in [2.45, 2.75) is 13.1 Å². The summed E-state index contributed by atoms with van der Waals surface area (Å²) >= 11 is 1.45. The van der Waals surface area contributed by atoms with Crippen LogP contribution in [0.1, 0.15) is 24.9 Å². The van der Waals surface area contributed by atoms with Crippen LogP contribution in [0.2, 0.25) is 0 Å². The van der Waals surface area contributed by atoms with Crippen molar-refractivity contribution in [3.05, 3.63) is 51.7 Å². The van der Waals surface area contributed by atoms with Crippen LogP contribution in [-0.4, -0.2) is 60.6 Å². The summed E-state index contributed by atoms with van der Waals surface area (Å²) in [5, 5.41) is 0. The number of nitrogens with zero attached hydrogens (tertiary/aromatic N) is 2. The zero-order valence-electron chi connectivity index (χ0n) is 15.2. The van der Waals surface area contributed by atoms with E-state index in [9.17, 15) is 22.8 Å². The summed E-state index contributed by atoms with van der Waals surface area (Å²) in [6, 6.07) is 9.29. The van der Waals surface area contributed by atoms with E-state index in [0.29, 0.717) is 36.6 Å². The zero-order chi connectivity index (χ0) is 20.3. The number of halogens is 3. The molecule has 0 bridgehead atoms. The maximum Gasteiger partial charge on any atom is 0.422 e. The van der Waals surface area contributed by atoms with Crippen LogP contribution < -0.4 is 4.74 Å². The average molecular weight is 412 g/mol. The quantitative estimate of drug-likeness (QED) is 0.771. The number of rotatable bonds is 4. The first-order chi connectivity index (χ1) is 13.2. The maximum absolute atomic E-state index is 12.6. The Morgan fingerprint density at radius 1 is 0.964 bits per heavy atom. The molecule has 0 atom stereocenters. The van der Waals surface area contributed by atoms with Crippen molar-refractivity contribution in [2.24, 2.45) is 0 Å². The second-order valence-corrected chi connectivity index (χ2v) is 7.71. The van der Waals surface area contributed by atoms with Gasteiger partial charge >= 0.3 is 6.18 Å². The van der Waals surface area contributed by atoms with Crippen molar-refractivity contribution in [2.75, 3.05) is 32.8 Å². The Labute approximate surface area is 164 Å². The van der Waals surface area contributed by atoms with Crippen LogP contribution in [0.4, 0.5) is 13.2 Å². The van der Waals surface area contributed by atoms with Crippen molar-refractivity contribution in [1.82, 2.24) is 9.80 Å². The number of aryl methyl sites for hydroxylation is 1. The summed E-state index contributed by atoms with van der Waals surface area (Å²) in [7, 11) is 0. The van der Waals surface area contributed by atoms with E-state index in [1.54, 1.807) is 9.80 Å². The van der Waals surface area contributed by atoms with Gasteiger partial charge in [0.15, 0.2) is 6.61 Å². The number of carbonyl (C=O) groups excluding carboxylic acids is 2. The highest BCUT2D eigenvalue weighted by Gasteiger charge is 2.29. The van der Waals surface area contributed by atoms with E-state index in [1.807, 2.05) is 19.1 Å². The molecule has 0 unspecified atom stereocenters. The number of benzene rings is 1. The molecule has 3 rings (SSSR count). The lowest BCUT2D eigenvalue weighted by Gasteiger charge is -2.34. The fourth-order valence-corrected chi connectivity index (χ4v) is 3.69. The predicted molar refractivity (Wildman–Crippen MR) is 98.9 cm³/mol. The van der Waals surface area contributed by atoms with E-state index < -0.39 is 12.8 Å². The Morgan fingerprint density at radius 3 is 2.04 bits per heavy atom. The molecule has 1 aromatic carbocycles. The molecule has 2 amide bonds. The van der Waals surface area contributed by atoms with Gasteiger partial charge in [-0.25, -0.2) is 0 Å². The normalized spacial score (nSPS) is 14.9. The third-order valence-electron chi connectivity index (χ3n) is 4.31. The number of piperazine rings is 1. The molecular weight excluding hydrogens is 393 g/mol. The van der Waals surface area contributed by atoms with Crippen molar-refractivity contribution >= 4 is 23.2 Å². The van der Waals surface area contributed by atoms with Crippen molar-refractivity contribution in [1.29, 1.82) is 0 Å². The third kappa shape index (κ3) is 5.03. The highest BCUT2D eigenvalue weighted by molar-refractivity contribution is 7.13. The number of carbonyl (C=O) groups is 2. The molecule has 0 radical (unpaired) electrons. The molecule has 2 aromatic rings. The molecule has 5 nitrogen and oxygen atoms in total. The Morgan fingerprint density at radius 2 is 1.54 bits per heavy atom. The van der Waals surface area contributed by atoms with Crippen molar-refractivity contribution < 1.29 is 27.5 Å². The number of alkyl halides is 3. The topological polar surface area (TPSA) is 49.9 Å². The van der Waals surface area contributed by atoms with Gasteiger partial charge < -0.3 is 14.5 Å². The lowest BCUT2D eigenvalue weighted by Crippen LogP contribution is -2.50. The molecule has 1 aromatic heterocycles. The molecule has 1 aliphatic rings. The molecule has 1 fully saturated rings. The van der Waals surface area contributed by atoms with Gasteiger partial charge in [0.05, 0.1) is 4.88 Å². The zero-order valence-corrected chi connectivity index (χ0v) is 16.0. The van der Waals surface area contributed by atoms with Crippen LogP contribution in [-0.2, 0) is 0 Å². The van der Waals surface area contributed by atoms with Crippen LogP contribution in [0, 0.1) is 6.92 Å². The fourth-order valence-electron chi connectivity index (χ4n) is 2.86. The lowest BCUT2D eigenvalue weighted by atomic mass is 10.1. The van der Waals surface area contributed by atoms with Gasteiger partial charge in [-0.2, -0.15) is 13.2 Å². The van der Waals surface area contributed by atoms with Gasteiger partial charge in [-0.05, 0) is 43.3 Å². The minimum Gasteiger partial charge on any atom is -0.484 e. The molecule has 150 valence electrons. The van der Waals surface area contributed by atoms with E-state index in [2.05, 4.69) is 4.74 Å². The molecule has 1 aliphatic heterocycles. The first-order valence-electron chi connectivity index (χ1n) is 8.67. The Kier molecular flexibility index (Phi) is 5.93. The van der Waals surface area contributed by atoms with E-state index in [0.717, 1.165) is 4.88 Å². The minimum absolute atomic E-state index is 0.0311. The summed E-state index contributed by atoms with van der Waals surface area (Å²) in [6.45, 7) is 2.25. The SMILES string of the molecule is Cc1ccc(C(=O)N2CCN(C(=O)c3ccc(OCC(F)(F)F)cc3)CC2)s1. The van der Waals surface area contributed by atoms with Crippen molar-refractivity contribution in [3.8, 4) is 5.75 Å². The summed E-state index contributed by atoms with van der Waals surface area (Å²) in [5.41, 5.74) is 0.369. The molecule has 0 saturated carbocycles. The summed E-state index contributed by atoms with van der Waals surface area (Å²) < 4.78 is 41.2. The highest BCUT2D eigenvalue weighted by atomic mass is 32.1. The monoisotopic (exact) mass is 412 g/mol. The largest absolute Gasteiger partial charge is 0.484 e. The minimum atomic E-state index is -4.41. The van der Waals surface area contributed by atoms with Crippen molar-refractivity contribution in [3.63, 3.8) is 0 Å². The standard InChI is InChI=1S/C19H19F3N2O3S/c1-13-2-7-16(28-13)18(26)24-10-8-23(9-11-24)17(25)14-3-5-15(6-4-14)27-12-19(20,21)22/h2-7H,8-12H2,1H3. The molecular formula is C19H19F3N2O3S. The van der Waals surface area contributed by atoms with E-state index in [4.69, 9.17) is 0 Å². The van der Waals surface area contributed by atoms with Crippen LogP contribution in [0.25, 0.3) is 0 Å². The van der Waals surface area contributed by atoms with Crippen LogP contribution in [0.15, 0.2) is 36.4 Å². The summed E-state index contributed by atoms with van der Waals surface area (Å²) in [4.78, 5) is 30.2. The molecule has 0 N–H and O–H groups in total. The van der Waals surface area contributed by atoms with Gasteiger partial charge in [-0.15, -0.1) is 11.3 Å². The van der Waals surface area contributed by atoms with Gasteiger partial charge in [0.25, 0.3) is 11.8 Å². The van der Waals surface area contributed by atoms with Gasteiger partial charge in [0.2, 0.25) is 0 Å². The number of hydrogen-bond donors (Lipinski definition) is 0. The molecule has 0 spiro atoms. The van der Waals surface area contributed by atoms with Crippen LogP contribution >= 0.6 is 11.3 Å². The first-order valence-corrected chi connectivity index (χ1v) is 9.49. The molecule has 9 heteroatoms. The fraction of sp³-hybridized carbons (Fsp3) is 0.368. The summed E-state index contributed by atoms with van der Waals surface area (Å²) in [6.07, 6.45) is -4.41. The smallest absolute Gasteiger partial charge is 0.422 e.